The molecule has 0 aliphatic carbocycles. The Bertz CT molecular complexity index is 714. The SMILES string of the molecule is CCCN(C(=O)COc1ccc(C)cc1)C(C)C(=O)Nc1ccccc1. The molecule has 0 saturated heterocycles. The number of carbonyl (C=O) groups excluding carboxylic acids is 2. The number of hydrogen-bond acceptors (Lipinski definition) is 3. The molecule has 2 rings (SSSR count). The van der Waals surface area contributed by atoms with Crippen molar-refractivity contribution < 1.29 is 14.3 Å². The second-order valence-corrected chi connectivity index (χ2v) is 6.22. The van der Waals surface area contributed by atoms with Crippen molar-refractivity contribution in [2.24, 2.45) is 0 Å². The van der Waals surface area contributed by atoms with Crippen molar-refractivity contribution in [3.63, 3.8) is 0 Å². The summed E-state index contributed by atoms with van der Waals surface area (Å²) in [5.41, 5.74) is 1.84. The van der Waals surface area contributed by atoms with Gasteiger partial charge in [0, 0.05) is 12.2 Å². The number of aryl methyl sites for hydroxylation is 1. The van der Waals surface area contributed by atoms with E-state index in [1.54, 1.807) is 11.8 Å². The molecule has 26 heavy (non-hydrogen) atoms. The third-order valence-electron chi connectivity index (χ3n) is 4.06. The van der Waals surface area contributed by atoms with Crippen molar-refractivity contribution in [1.82, 2.24) is 4.90 Å². The first kappa shape index (κ1) is 19.5. The standard InChI is InChI=1S/C21H26N2O3/c1-4-14-23(17(3)21(25)22-18-8-6-5-7-9-18)20(24)15-26-19-12-10-16(2)11-13-19/h5-13,17H,4,14-15H2,1-3H3,(H,22,25). The Morgan fingerprint density at radius 1 is 1.08 bits per heavy atom. The number of amides is 2. The molecule has 0 radical (unpaired) electrons. The molecule has 1 N–H and O–H groups in total. The lowest BCUT2D eigenvalue weighted by Crippen LogP contribution is -2.47. The minimum atomic E-state index is -0.579. The van der Waals surface area contributed by atoms with E-state index in [1.165, 1.54) is 0 Å². The molecule has 2 amide bonds. The number of ether oxygens (including phenoxy) is 1. The average molecular weight is 354 g/mol. The number of rotatable bonds is 8. The van der Waals surface area contributed by atoms with Gasteiger partial charge in [-0.05, 0) is 44.5 Å². The van der Waals surface area contributed by atoms with Crippen LogP contribution in [0.5, 0.6) is 5.75 Å². The number of nitrogens with zero attached hydrogens (tertiary/aromatic N) is 1. The van der Waals surface area contributed by atoms with E-state index in [4.69, 9.17) is 4.74 Å². The molecule has 0 fully saturated rings. The van der Waals surface area contributed by atoms with Crippen LogP contribution >= 0.6 is 0 Å². The maximum absolute atomic E-state index is 12.6. The number of nitrogens with one attached hydrogen (secondary N) is 1. The fourth-order valence-electron chi connectivity index (χ4n) is 2.55. The lowest BCUT2D eigenvalue weighted by molar-refractivity contribution is -0.139. The topological polar surface area (TPSA) is 58.6 Å². The van der Waals surface area contributed by atoms with E-state index in [0.717, 1.165) is 12.0 Å². The summed E-state index contributed by atoms with van der Waals surface area (Å²) in [4.78, 5) is 26.7. The molecule has 0 spiro atoms. The van der Waals surface area contributed by atoms with Gasteiger partial charge < -0.3 is 15.0 Å². The monoisotopic (exact) mass is 354 g/mol. The van der Waals surface area contributed by atoms with Crippen LogP contribution < -0.4 is 10.1 Å². The van der Waals surface area contributed by atoms with Gasteiger partial charge in [0.1, 0.15) is 11.8 Å². The van der Waals surface area contributed by atoms with E-state index >= 15 is 0 Å². The van der Waals surface area contributed by atoms with Gasteiger partial charge in [-0.15, -0.1) is 0 Å². The van der Waals surface area contributed by atoms with Crippen LogP contribution in [0.1, 0.15) is 25.8 Å². The number of anilines is 1. The zero-order valence-electron chi connectivity index (χ0n) is 15.6. The minimum absolute atomic E-state index is 0.0913. The van der Waals surface area contributed by atoms with Gasteiger partial charge in [0.2, 0.25) is 5.91 Å². The summed E-state index contributed by atoms with van der Waals surface area (Å²) in [5.74, 6) is 0.221. The van der Waals surface area contributed by atoms with Crippen LogP contribution in [-0.2, 0) is 9.59 Å². The first-order valence-corrected chi connectivity index (χ1v) is 8.86. The molecule has 0 aromatic heterocycles. The summed E-state index contributed by atoms with van der Waals surface area (Å²) in [6.45, 7) is 6.11. The summed E-state index contributed by atoms with van der Waals surface area (Å²) < 4.78 is 5.58. The molecule has 5 heteroatoms. The lowest BCUT2D eigenvalue weighted by atomic mass is 10.2. The molecule has 138 valence electrons. The van der Waals surface area contributed by atoms with Crippen LogP contribution in [-0.4, -0.2) is 35.9 Å². The third-order valence-corrected chi connectivity index (χ3v) is 4.06. The van der Waals surface area contributed by atoms with Crippen molar-refractivity contribution in [2.45, 2.75) is 33.2 Å². The van der Waals surface area contributed by atoms with Gasteiger partial charge in [0.05, 0.1) is 0 Å². The number of benzene rings is 2. The Morgan fingerprint density at radius 2 is 1.73 bits per heavy atom. The van der Waals surface area contributed by atoms with Crippen LogP contribution in [0, 0.1) is 6.92 Å². The van der Waals surface area contributed by atoms with Gasteiger partial charge in [-0.1, -0.05) is 42.8 Å². The quantitative estimate of drug-likeness (QED) is 0.787. The highest BCUT2D eigenvalue weighted by Gasteiger charge is 2.25. The van der Waals surface area contributed by atoms with E-state index in [0.29, 0.717) is 18.0 Å². The Balaban J connectivity index is 1.97. The molecule has 0 aliphatic heterocycles. The normalized spacial score (nSPS) is 11.5. The molecule has 1 atom stereocenters. The highest BCUT2D eigenvalue weighted by molar-refractivity contribution is 5.97. The molecular weight excluding hydrogens is 328 g/mol. The highest BCUT2D eigenvalue weighted by atomic mass is 16.5. The van der Waals surface area contributed by atoms with Gasteiger partial charge in [-0.3, -0.25) is 9.59 Å². The summed E-state index contributed by atoms with van der Waals surface area (Å²) >= 11 is 0. The summed E-state index contributed by atoms with van der Waals surface area (Å²) in [6, 6.07) is 16.2. The van der Waals surface area contributed by atoms with E-state index in [-0.39, 0.29) is 18.4 Å². The van der Waals surface area contributed by atoms with Crippen molar-refractivity contribution >= 4 is 17.5 Å². The molecule has 5 nitrogen and oxygen atoms in total. The average Bonchev–Trinajstić information content (AvgIpc) is 2.65. The number of carbonyl (C=O) groups is 2. The van der Waals surface area contributed by atoms with E-state index in [1.807, 2.05) is 68.4 Å². The van der Waals surface area contributed by atoms with E-state index in [2.05, 4.69) is 5.32 Å². The maximum atomic E-state index is 12.6. The summed E-state index contributed by atoms with van der Waals surface area (Å²) in [5, 5.41) is 2.84. The largest absolute Gasteiger partial charge is 0.484 e. The van der Waals surface area contributed by atoms with Crippen LogP contribution in [0.4, 0.5) is 5.69 Å². The first-order chi connectivity index (χ1) is 12.5. The first-order valence-electron chi connectivity index (χ1n) is 8.86. The minimum Gasteiger partial charge on any atom is -0.484 e. The Kier molecular flexibility index (Phi) is 7.21. The number of para-hydroxylation sites is 1. The molecule has 0 bridgehead atoms. The predicted octanol–water partition coefficient (Wildman–Crippen LogP) is 3.64. The van der Waals surface area contributed by atoms with Gasteiger partial charge in [0.15, 0.2) is 6.61 Å². The molecule has 0 aliphatic rings. The Morgan fingerprint density at radius 3 is 2.35 bits per heavy atom. The zero-order valence-corrected chi connectivity index (χ0v) is 15.6. The predicted molar refractivity (Wildman–Crippen MR) is 103 cm³/mol. The second kappa shape index (κ2) is 9.61. The van der Waals surface area contributed by atoms with Crippen LogP contribution in [0.25, 0.3) is 0 Å². The maximum Gasteiger partial charge on any atom is 0.261 e. The van der Waals surface area contributed by atoms with E-state index in [9.17, 15) is 9.59 Å². The van der Waals surface area contributed by atoms with Crippen molar-refractivity contribution in [1.29, 1.82) is 0 Å². The van der Waals surface area contributed by atoms with E-state index < -0.39 is 6.04 Å². The molecule has 2 aromatic carbocycles. The zero-order chi connectivity index (χ0) is 18.9. The van der Waals surface area contributed by atoms with Gasteiger partial charge in [-0.25, -0.2) is 0 Å². The van der Waals surface area contributed by atoms with Crippen LogP contribution in [0.15, 0.2) is 54.6 Å². The van der Waals surface area contributed by atoms with Crippen LogP contribution in [0.2, 0.25) is 0 Å². The third kappa shape index (κ3) is 5.62. The Hall–Kier alpha value is -2.82. The molecular formula is C21H26N2O3. The summed E-state index contributed by atoms with van der Waals surface area (Å²) in [7, 11) is 0. The van der Waals surface area contributed by atoms with Gasteiger partial charge in [0.25, 0.3) is 5.91 Å². The highest BCUT2D eigenvalue weighted by Crippen LogP contribution is 2.13. The van der Waals surface area contributed by atoms with Gasteiger partial charge >= 0.3 is 0 Å². The Labute approximate surface area is 155 Å². The number of hydrogen-bond donors (Lipinski definition) is 1. The smallest absolute Gasteiger partial charge is 0.261 e. The fraction of sp³-hybridized carbons (Fsp3) is 0.333. The molecule has 1 unspecified atom stereocenters. The van der Waals surface area contributed by atoms with Gasteiger partial charge in [-0.2, -0.15) is 0 Å². The second-order valence-electron chi connectivity index (χ2n) is 6.22. The fourth-order valence-corrected chi connectivity index (χ4v) is 2.55. The van der Waals surface area contributed by atoms with Crippen molar-refractivity contribution in [2.75, 3.05) is 18.5 Å². The molecule has 0 heterocycles. The van der Waals surface area contributed by atoms with Crippen molar-refractivity contribution in [3.05, 3.63) is 60.2 Å². The van der Waals surface area contributed by atoms with Crippen molar-refractivity contribution in [3.8, 4) is 5.75 Å². The molecule has 0 saturated carbocycles. The summed E-state index contributed by atoms with van der Waals surface area (Å²) in [6.07, 6.45) is 0.763. The van der Waals surface area contributed by atoms with Crippen LogP contribution in [0.3, 0.4) is 0 Å². The molecule has 2 aromatic rings. The lowest BCUT2D eigenvalue weighted by Gasteiger charge is -2.28.